The Labute approximate surface area is 276 Å². The molecule has 0 saturated heterocycles. The molecule has 3 N–H and O–H groups in total. The molecule has 0 aromatic heterocycles. The number of carbonyl (C=O) groups is 5. The Kier molecular flexibility index (Phi) is 12.6. The Bertz CT molecular complexity index is 1460. The van der Waals surface area contributed by atoms with Crippen molar-refractivity contribution in [3.8, 4) is 0 Å². The highest BCUT2D eigenvalue weighted by Gasteiger charge is 2.54. The minimum atomic E-state index is -1.06. The van der Waals surface area contributed by atoms with Crippen LogP contribution in [-0.2, 0) is 33.4 Å². The number of amides is 2. The molecule has 10 heteroatoms. The molecule has 1 saturated carbocycles. The first-order valence-corrected chi connectivity index (χ1v) is 16.4. The number of aliphatic hydroxyl groups excluding tert-OH is 1. The first-order chi connectivity index (χ1) is 22.5. The van der Waals surface area contributed by atoms with Gasteiger partial charge in [0, 0.05) is 36.7 Å². The molecule has 1 fully saturated rings. The van der Waals surface area contributed by atoms with Gasteiger partial charge in [0.1, 0.15) is 11.6 Å². The molecule has 10 nitrogen and oxygen atoms in total. The van der Waals surface area contributed by atoms with Crippen LogP contribution in [0.15, 0.2) is 83.2 Å². The zero-order chi connectivity index (χ0) is 34.0. The Balaban J connectivity index is 1.53. The number of fused-ring (bicyclic) bond motifs is 2. The van der Waals surface area contributed by atoms with Crippen LogP contribution in [0.25, 0.3) is 0 Å². The number of esters is 1. The third-order valence-electron chi connectivity index (χ3n) is 9.03. The van der Waals surface area contributed by atoms with Crippen LogP contribution in [0.5, 0.6) is 0 Å². The predicted molar refractivity (Wildman–Crippen MR) is 176 cm³/mol. The summed E-state index contributed by atoms with van der Waals surface area (Å²) in [6, 6.07) is 0. The number of carbonyl (C=O) groups excluding carboxylic acids is 5. The number of Topliss-reactive ketones (excluding diaryl/α,β-unsaturated/α-hetero) is 1. The van der Waals surface area contributed by atoms with Gasteiger partial charge in [0.25, 0.3) is 0 Å². The summed E-state index contributed by atoms with van der Waals surface area (Å²) in [5.41, 5.74) is 0.467. The predicted octanol–water partition coefficient (Wildman–Crippen LogP) is 4.33. The second-order valence-electron chi connectivity index (χ2n) is 12.7. The van der Waals surface area contributed by atoms with Crippen LogP contribution < -0.4 is 10.6 Å². The molecular formula is C37H46N2O8. The van der Waals surface area contributed by atoms with E-state index in [2.05, 4.69) is 10.6 Å². The summed E-state index contributed by atoms with van der Waals surface area (Å²) < 4.78 is 11.4. The maximum atomic E-state index is 13.5. The summed E-state index contributed by atoms with van der Waals surface area (Å²) >= 11 is 0. The minimum Gasteiger partial charge on any atom is -0.460 e. The number of ether oxygens (including phenoxy) is 2. The van der Waals surface area contributed by atoms with Gasteiger partial charge in [-0.25, -0.2) is 4.79 Å². The smallest absolute Gasteiger partial charge is 0.332 e. The van der Waals surface area contributed by atoms with Gasteiger partial charge in [-0.1, -0.05) is 55.5 Å². The van der Waals surface area contributed by atoms with Gasteiger partial charge < -0.3 is 25.2 Å². The van der Waals surface area contributed by atoms with E-state index in [-0.39, 0.29) is 30.0 Å². The third kappa shape index (κ3) is 9.92. The third-order valence-corrected chi connectivity index (χ3v) is 9.03. The van der Waals surface area contributed by atoms with Crippen LogP contribution in [0.4, 0.5) is 0 Å². The van der Waals surface area contributed by atoms with Crippen molar-refractivity contribution in [2.24, 2.45) is 5.92 Å². The van der Waals surface area contributed by atoms with Crippen molar-refractivity contribution in [2.45, 2.75) is 102 Å². The van der Waals surface area contributed by atoms with E-state index in [1.54, 1.807) is 43.4 Å². The van der Waals surface area contributed by atoms with E-state index in [9.17, 15) is 29.1 Å². The fourth-order valence-electron chi connectivity index (χ4n) is 5.82. The van der Waals surface area contributed by atoms with Gasteiger partial charge in [-0.3, -0.25) is 19.2 Å². The van der Waals surface area contributed by atoms with Gasteiger partial charge in [-0.05, 0) is 69.9 Å². The number of rotatable bonds is 5. The fourth-order valence-corrected chi connectivity index (χ4v) is 5.82. The SMILES string of the molecule is COC1\C=C/C=C\C=C\CC(OC(=O)C2(NC(=O)C3=CCCCC3)CC2)C(C)C(O)/C(C)=C\CCC2=CC(=O)C=C(NC(=O)C1)C2=O. The molecular weight excluding hydrogens is 600 g/mol. The maximum absolute atomic E-state index is 13.5. The summed E-state index contributed by atoms with van der Waals surface area (Å²) in [6.45, 7) is 3.57. The molecule has 1 aliphatic heterocycles. The van der Waals surface area contributed by atoms with Crippen molar-refractivity contribution >= 4 is 29.4 Å². The molecule has 252 valence electrons. The molecule has 3 aliphatic carbocycles. The number of nitrogens with one attached hydrogen (secondary N) is 2. The number of ketones is 2. The zero-order valence-electron chi connectivity index (χ0n) is 27.5. The highest BCUT2D eigenvalue weighted by molar-refractivity contribution is 6.21. The molecule has 4 rings (SSSR count). The van der Waals surface area contributed by atoms with Gasteiger partial charge in [-0.2, -0.15) is 0 Å². The van der Waals surface area contributed by atoms with Crippen molar-refractivity contribution in [1.29, 1.82) is 0 Å². The average molecular weight is 647 g/mol. The molecule has 0 radical (unpaired) electrons. The summed E-state index contributed by atoms with van der Waals surface area (Å²) in [7, 11) is 1.47. The highest BCUT2D eigenvalue weighted by atomic mass is 16.5. The van der Waals surface area contributed by atoms with Gasteiger partial charge in [0.2, 0.25) is 17.6 Å². The van der Waals surface area contributed by atoms with E-state index in [4.69, 9.17) is 9.47 Å². The van der Waals surface area contributed by atoms with Crippen molar-refractivity contribution < 1.29 is 38.6 Å². The molecule has 0 aromatic carbocycles. The lowest BCUT2D eigenvalue weighted by Crippen LogP contribution is -2.47. The van der Waals surface area contributed by atoms with Crippen molar-refractivity contribution in [3.05, 3.63) is 83.2 Å². The fraction of sp³-hybridized carbons (Fsp3) is 0.486. The second-order valence-corrected chi connectivity index (χ2v) is 12.7. The zero-order valence-corrected chi connectivity index (χ0v) is 27.5. The number of allylic oxidation sites excluding steroid dienone is 9. The van der Waals surface area contributed by atoms with E-state index in [0.717, 1.165) is 25.3 Å². The summed E-state index contributed by atoms with van der Waals surface area (Å²) in [5.74, 6) is -2.52. The Morgan fingerprint density at radius 1 is 1.00 bits per heavy atom. The minimum absolute atomic E-state index is 0.0567. The summed E-state index contributed by atoms with van der Waals surface area (Å²) in [5, 5.41) is 16.8. The van der Waals surface area contributed by atoms with Gasteiger partial charge in [0.15, 0.2) is 5.78 Å². The van der Waals surface area contributed by atoms with E-state index < -0.39 is 53.2 Å². The molecule has 4 atom stereocenters. The van der Waals surface area contributed by atoms with Crippen molar-refractivity contribution in [2.75, 3.05) is 7.11 Å². The molecule has 2 amide bonds. The van der Waals surface area contributed by atoms with Crippen LogP contribution >= 0.6 is 0 Å². The topological polar surface area (TPSA) is 148 Å². The normalized spacial score (nSPS) is 30.4. The van der Waals surface area contributed by atoms with Crippen LogP contribution in [-0.4, -0.2) is 65.4 Å². The molecule has 2 bridgehead atoms. The molecule has 0 aromatic rings. The Hall–Kier alpha value is -4.15. The lowest BCUT2D eigenvalue weighted by Gasteiger charge is -2.30. The number of methoxy groups -OCH3 is 1. The largest absolute Gasteiger partial charge is 0.460 e. The maximum Gasteiger partial charge on any atom is 0.332 e. The molecule has 0 spiro atoms. The van der Waals surface area contributed by atoms with E-state index in [1.165, 1.54) is 13.2 Å². The summed E-state index contributed by atoms with van der Waals surface area (Å²) in [6.07, 6.45) is 19.9. The molecule has 1 heterocycles. The molecule has 4 aliphatic rings. The van der Waals surface area contributed by atoms with Gasteiger partial charge in [-0.15, -0.1) is 0 Å². The lowest BCUT2D eigenvalue weighted by molar-refractivity contribution is -0.158. The first kappa shape index (κ1) is 35.7. The Morgan fingerprint density at radius 3 is 2.47 bits per heavy atom. The van der Waals surface area contributed by atoms with E-state index in [1.807, 2.05) is 19.1 Å². The summed E-state index contributed by atoms with van der Waals surface area (Å²) in [4.78, 5) is 64.5. The first-order valence-electron chi connectivity index (χ1n) is 16.4. The Morgan fingerprint density at radius 2 is 1.77 bits per heavy atom. The second kappa shape index (κ2) is 16.6. The average Bonchev–Trinajstić information content (AvgIpc) is 3.84. The molecule has 47 heavy (non-hydrogen) atoms. The molecule has 4 unspecified atom stereocenters. The van der Waals surface area contributed by atoms with Crippen LogP contribution in [0.1, 0.15) is 78.1 Å². The number of hydrogen-bond donors (Lipinski definition) is 3. The van der Waals surface area contributed by atoms with Crippen LogP contribution in [0.2, 0.25) is 0 Å². The van der Waals surface area contributed by atoms with Crippen LogP contribution in [0.3, 0.4) is 0 Å². The monoisotopic (exact) mass is 646 g/mol. The quantitative estimate of drug-likeness (QED) is 0.227. The van der Waals surface area contributed by atoms with Crippen LogP contribution in [0, 0.1) is 5.92 Å². The van der Waals surface area contributed by atoms with Gasteiger partial charge >= 0.3 is 5.97 Å². The lowest BCUT2D eigenvalue weighted by atomic mass is 9.89. The standard InChI is InChI=1S/C37H46N2O8/c1-24-13-12-16-27-21-28(40)22-30(34(27)43)38-32(41)23-29(46-3)17-10-5-4-6-11-18-31(25(2)33(24)42)47-36(45)37(19-20-37)39-35(44)26-14-8-7-9-15-26/h4-6,10-11,13-14,17,21-22,25,29,31,33,42H,7-9,12,15-16,18-20,23H2,1-3H3,(H,38,41)(H,39,44)/b5-4-,11-6+,17-10-,24-13-. The number of aliphatic hydroxyl groups is 1. The van der Waals surface area contributed by atoms with E-state index >= 15 is 0 Å². The van der Waals surface area contributed by atoms with Crippen molar-refractivity contribution in [1.82, 2.24) is 10.6 Å². The van der Waals surface area contributed by atoms with Gasteiger partial charge in [0.05, 0.1) is 24.3 Å². The van der Waals surface area contributed by atoms with Crippen molar-refractivity contribution in [3.63, 3.8) is 0 Å². The van der Waals surface area contributed by atoms with E-state index in [0.29, 0.717) is 43.3 Å². The highest BCUT2D eigenvalue weighted by Crippen LogP contribution is 2.38. The number of hydrogen-bond acceptors (Lipinski definition) is 8.